The van der Waals surface area contributed by atoms with Gasteiger partial charge in [-0.05, 0) is 13.3 Å². The highest BCUT2D eigenvalue weighted by Crippen LogP contribution is 2.27. The molecule has 3 heterocycles. The molecule has 0 spiro atoms. The number of aliphatic hydroxyl groups is 1. The third kappa shape index (κ3) is 1.85. The lowest BCUT2D eigenvalue weighted by Gasteiger charge is -2.21. The van der Waals surface area contributed by atoms with Gasteiger partial charge in [0.1, 0.15) is 11.0 Å². The Labute approximate surface area is 104 Å². The third-order valence-electron chi connectivity index (χ3n) is 3.09. The molecule has 0 saturated carbocycles. The fourth-order valence-corrected chi connectivity index (χ4v) is 2.42. The first-order valence-corrected chi connectivity index (χ1v) is 5.91. The van der Waals surface area contributed by atoms with Crippen molar-refractivity contribution in [1.29, 1.82) is 0 Å². The predicted molar refractivity (Wildman–Crippen MR) is 65.5 cm³/mol. The highest BCUT2D eigenvalue weighted by atomic mass is 35.5. The minimum Gasteiger partial charge on any atom is -0.388 e. The van der Waals surface area contributed by atoms with E-state index in [-0.39, 0.29) is 0 Å². The van der Waals surface area contributed by atoms with E-state index in [1.165, 1.54) is 0 Å². The van der Waals surface area contributed by atoms with E-state index >= 15 is 0 Å². The monoisotopic (exact) mass is 252 g/mol. The summed E-state index contributed by atoms with van der Waals surface area (Å²) >= 11 is 5.99. The van der Waals surface area contributed by atoms with Gasteiger partial charge in [0, 0.05) is 25.2 Å². The zero-order valence-corrected chi connectivity index (χ0v) is 10.2. The maximum absolute atomic E-state index is 10.00. The van der Waals surface area contributed by atoms with Gasteiger partial charge >= 0.3 is 0 Å². The van der Waals surface area contributed by atoms with E-state index in [1.807, 2.05) is 13.0 Å². The summed E-state index contributed by atoms with van der Waals surface area (Å²) in [5.74, 6) is 0.878. The second kappa shape index (κ2) is 3.58. The minimum absolute atomic E-state index is 0.444. The van der Waals surface area contributed by atoms with Crippen LogP contribution in [-0.2, 0) is 0 Å². The van der Waals surface area contributed by atoms with Gasteiger partial charge in [0.25, 0.3) is 0 Å². The normalized spacial score (nSPS) is 24.8. The number of hydrogen-bond acceptors (Lipinski definition) is 4. The third-order valence-corrected chi connectivity index (χ3v) is 3.28. The molecule has 0 bridgehead atoms. The molecule has 1 aliphatic heterocycles. The number of halogens is 1. The molecule has 17 heavy (non-hydrogen) atoms. The first-order valence-electron chi connectivity index (χ1n) is 5.53. The number of aromatic nitrogens is 3. The second-order valence-corrected chi connectivity index (χ2v) is 5.09. The molecular weight excluding hydrogens is 240 g/mol. The van der Waals surface area contributed by atoms with Crippen LogP contribution >= 0.6 is 11.6 Å². The van der Waals surface area contributed by atoms with Crippen LogP contribution in [0.15, 0.2) is 18.3 Å². The lowest BCUT2D eigenvalue weighted by atomic mass is 10.1. The Morgan fingerprint density at radius 3 is 3.06 bits per heavy atom. The van der Waals surface area contributed by atoms with Crippen LogP contribution in [0, 0.1) is 0 Å². The van der Waals surface area contributed by atoms with E-state index in [9.17, 15) is 5.11 Å². The van der Waals surface area contributed by atoms with Crippen molar-refractivity contribution < 1.29 is 5.11 Å². The Morgan fingerprint density at radius 1 is 1.53 bits per heavy atom. The molecule has 1 fully saturated rings. The van der Waals surface area contributed by atoms with Crippen LogP contribution in [-0.4, -0.2) is 38.4 Å². The smallest absolute Gasteiger partial charge is 0.159 e. The number of nitrogens with zero attached hydrogens (tertiary/aromatic N) is 4. The largest absolute Gasteiger partial charge is 0.388 e. The molecule has 2 aromatic heterocycles. The van der Waals surface area contributed by atoms with E-state index in [4.69, 9.17) is 11.6 Å². The zero-order valence-electron chi connectivity index (χ0n) is 9.47. The SMILES string of the molecule is CC1(O)CCN(c2cc(Cl)nc3ccnn23)C1. The Kier molecular flexibility index (Phi) is 2.27. The summed E-state index contributed by atoms with van der Waals surface area (Å²) in [7, 11) is 0. The Morgan fingerprint density at radius 2 is 2.35 bits per heavy atom. The summed E-state index contributed by atoms with van der Waals surface area (Å²) in [6.45, 7) is 3.22. The molecular formula is C11H13ClN4O. The van der Waals surface area contributed by atoms with Crippen molar-refractivity contribution in [2.45, 2.75) is 18.9 Å². The first kappa shape index (κ1) is 10.8. The van der Waals surface area contributed by atoms with Crippen molar-refractivity contribution in [3.63, 3.8) is 0 Å². The lowest BCUT2D eigenvalue weighted by molar-refractivity contribution is 0.0839. The fourth-order valence-electron chi connectivity index (χ4n) is 2.23. The van der Waals surface area contributed by atoms with Gasteiger partial charge in [0.05, 0.1) is 11.8 Å². The second-order valence-electron chi connectivity index (χ2n) is 4.71. The standard InChI is InChI=1S/C11H13ClN4O/c1-11(17)3-5-15(7-11)10-6-8(12)14-9-2-4-13-16(9)10/h2,4,6,17H,3,5,7H2,1H3. The van der Waals surface area contributed by atoms with Crippen molar-refractivity contribution in [3.8, 4) is 0 Å². The van der Waals surface area contributed by atoms with Crippen LogP contribution in [0.4, 0.5) is 5.82 Å². The van der Waals surface area contributed by atoms with Gasteiger partial charge in [-0.2, -0.15) is 9.61 Å². The average Bonchev–Trinajstić information content (AvgIpc) is 2.82. The fraction of sp³-hybridized carbons (Fsp3) is 0.455. The van der Waals surface area contributed by atoms with Crippen molar-refractivity contribution >= 4 is 23.1 Å². The van der Waals surface area contributed by atoms with Crippen molar-refractivity contribution in [3.05, 3.63) is 23.5 Å². The van der Waals surface area contributed by atoms with Crippen molar-refractivity contribution in [1.82, 2.24) is 14.6 Å². The molecule has 1 aliphatic rings. The maximum Gasteiger partial charge on any atom is 0.159 e. The van der Waals surface area contributed by atoms with Crippen molar-refractivity contribution in [2.75, 3.05) is 18.0 Å². The Hall–Kier alpha value is -1.33. The number of rotatable bonds is 1. The van der Waals surface area contributed by atoms with E-state index in [2.05, 4.69) is 15.0 Å². The van der Waals surface area contributed by atoms with Gasteiger partial charge in [-0.25, -0.2) is 4.98 Å². The molecule has 6 heteroatoms. The van der Waals surface area contributed by atoms with Gasteiger partial charge in [-0.1, -0.05) is 11.6 Å². The van der Waals surface area contributed by atoms with Crippen LogP contribution in [0.5, 0.6) is 0 Å². The van der Waals surface area contributed by atoms with Crippen LogP contribution in [0.3, 0.4) is 0 Å². The van der Waals surface area contributed by atoms with Crippen LogP contribution in [0.2, 0.25) is 5.15 Å². The van der Waals surface area contributed by atoms with Gasteiger partial charge in [0.15, 0.2) is 5.65 Å². The molecule has 3 rings (SSSR count). The first-order chi connectivity index (χ1) is 8.05. The number of fused-ring (bicyclic) bond motifs is 1. The average molecular weight is 253 g/mol. The number of β-amino-alcohol motifs (C(OH)–C–C–N with tert-alkyl or cyclic N) is 1. The van der Waals surface area contributed by atoms with E-state index < -0.39 is 5.60 Å². The maximum atomic E-state index is 10.00. The Balaban J connectivity index is 2.08. The molecule has 0 amide bonds. The molecule has 0 radical (unpaired) electrons. The van der Waals surface area contributed by atoms with Gasteiger partial charge in [-0.3, -0.25) is 0 Å². The number of hydrogen-bond donors (Lipinski definition) is 1. The highest BCUT2D eigenvalue weighted by molar-refractivity contribution is 6.29. The van der Waals surface area contributed by atoms with Crippen LogP contribution < -0.4 is 4.90 Å². The van der Waals surface area contributed by atoms with Gasteiger partial charge in [-0.15, -0.1) is 0 Å². The summed E-state index contributed by atoms with van der Waals surface area (Å²) < 4.78 is 1.74. The van der Waals surface area contributed by atoms with E-state index in [0.29, 0.717) is 11.7 Å². The molecule has 0 aromatic carbocycles. The van der Waals surface area contributed by atoms with Crippen molar-refractivity contribution in [2.24, 2.45) is 0 Å². The minimum atomic E-state index is -0.644. The highest BCUT2D eigenvalue weighted by Gasteiger charge is 2.32. The summed E-state index contributed by atoms with van der Waals surface area (Å²) in [6, 6.07) is 3.59. The summed E-state index contributed by atoms with van der Waals surface area (Å²) in [4.78, 5) is 6.26. The van der Waals surface area contributed by atoms with Crippen LogP contribution in [0.1, 0.15) is 13.3 Å². The molecule has 5 nitrogen and oxygen atoms in total. The van der Waals surface area contributed by atoms with Gasteiger partial charge in [0.2, 0.25) is 0 Å². The zero-order chi connectivity index (χ0) is 12.0. The Bertz CT molecular complexity index is 566. The number of anilines is 1. The van der Waals surface area contributed by atoms with E-state index in [1.54, 1.807) is 16.8 Å². The molecule has 1 unspecified atom stereocenters. The molecule has 1 N–H and O–H groups in total. The predicted octanol–water partition coefficient (Wildman–Crippen LogP) is 1.34. The molecule has 2 aromatic rings. The summed E-state index contributed by atoms with van der Waals surface area (Å²) in [6.07, 6.45) is 2.44. The summed E-state index contributed by atoms with van der Waals surface area (Å²) in [5.41, 5.74) is 0.0777. The molecule has 0 aliphatic carbocycles. The quantitative estimate of drug-likeness (QED) is 0.779. The molecule has 90 valence electrons. The lowest BCUT2D eigenvalue weighted by Crippen LogP contribution is -2.30. The molecule has 1 saturated heterocycles. The summed E-state index contributed by atoms with van der Waals surface area (Å²) in [5, 5.41) is 14.7. The molecule has 1 atom stereocenters. The van der Waals surface area contributed by atoms with Gasteiger partial charge < -0.3 is 10.0 Å². The van der Waals surface area contributed by atoms with Crippen LogP contribution in [0.25, 0.3) is 5.65 Å². The van der Waals surface area contributed by atoms with E-state index in [0.717, 1.165) is 24.4 Å². The topological polar surface area (TPSA) is 53.7 Å².